The first kappa shape index (κ1) is 19.8. The number of carbonyl (C=O) groups is 2. The Morgan fingerprint density at radius 2 is 2.16 bits per heavy atom. The van der Waals surface area contributed by atoms with Gasteiger partial charge in [-0.3, -0.25) is 9.59 Å². The molecule has 1 aliphatic rings. The third-order valence-electron chi connectivity index (χ3n) is 3.83. The van der Waals surface area contributed by atoms with E-state index in [-0.39, 0.29) is 47.6 Å². The van der Waals surface area contributed by atoms with Crippen molar-refractivity contribution in [3.63, 3.8) is 0 Å². The molecule has 2 heterocycles. The molecule has 0 aliphatic carbocycles. The molecule has 3 N–H and O–H groups in total. The summed E-state index contributed by atoms with van der Waals surface area (Å²) in [5.74, 6) is -3.71. The molecule has 0 bridgehead atoms. The van der Waals surface area contributed by atoms with Crippen LogP contribution in [0, 0.1) is 0 Å². The highest BCUT2D eigenvalue weighted by Gasteiger charge is 2.41. The van der Waals surface area contributed by atoms with Gasteiger partial charge in [0.25, 0.3) is 11.8 Å². The molecule has 0 saturated carbocycles. The number of halogens is 4. The van der Waals surface area contributed by atoms with Gasteiger partial charge < -0.3 is 16.0 Å². The van der Waals surface area contributed by atoms with Gasteiger partial charge in [0.05, 0.1) is 23.2 Å². The molecule has 1 unspecified atom stereocenters. The minimum atomic E-state index is -2.84. The van der Waals surface area contributed by atoms with Crippen molar-refractivity contribution in [2.45, 2.75) is 31.2 Å². The smallest absolute Gasteiger partial charge is 0.267 e. The van der Waals surface area contributed by atoms with E-state index in [0.717, 1.165) is 4.90 Å². The molecule has 1 saturated heterocycles. The summed E-state index contributed by atoms with van der Waals surface area (Å²) >= 11 is 11.5. The molecule has 1 aromatic rings. The van der Waals surface area contributed by atoms with Crippen LogP contribution in [0.25, 0.3) is 0 Å². The normalized spacial score (nSPS) is 17.4. The minimum Gasteiger partial charge on any atom is -0.352 e. The number of likely N-dealkylation sites (tertiary alicyclic amines) is 1. The van der Waals surface area contributed by atoms with Gasteiger partial charge in [-0.1, -0.05) is 23.2 Å². The summed E-state index contributed by atoms with van der Waals surface area (Å²) in [4.78, 5) is 28.8. The van der Waals surface area contributed by atoms with Gasteiger partial charge in [0.2, 0.25) is 5.91 Å². The van der Waals surface area contributed by atoms with Crippen molar-refractivity contribution in [1.82, 2.24) is 15.2 Å². The second kappa shape index (κ2) is 8.25. The average molecular weight is 395 g/mol. The van der Waals surface area contributed by atoms with Crippen LogP contribution < -0.4 is 11.1 Å². The number of nitrogens with zero attached hydrogens (tertiary/aromatic N) is 2. The molecule has 6 nitrogen and oxygen atoms in total. The highest BCUT2D eigenvalue weighted by Crippen LogP contribution is 2.27. The van der Waals surface area contributed by atoms with Crippen molar-refractivity contribution in [1.29, 1.82) is 0 Å². The SMILES string of the molecule is NC(CCCNC(=O)c1cnc(Cl)c(Cl)c1)C(=O)N1CCC(F)(F)C1. The predicted molar refractivity (Wildman–Crippen MR) is 89.9 cm³/mol. The van der Waals surface area contributed by atoms with Crippen molar-refractivity contribution in [3.8, 4) is 0 Å². The van der Waals surface area contributed by atoms with Crippen LogP contribution in [-0.4, -0.2) is 53.3 Å². The molecular formula is C15H18Cl2F2N4O2. The van der Waals surface area contributed by atoms with Crippen molar-refractivity contribution >= 4 is 35.0 Å². The number of rotatable bonds is 6. The Balaban J connectivity index is 1.72. The third kappa shape index (κ3) is 5.49. The first-order valence-corrected chi connectivity index (χ1v) is 8.46. The zero-order valence-corrected chi connectivity index (χ0v) is 14.8. The Morgan fingerprint density at radius 3 is 2.76 bits per heavy atom. The number of nitrogens with two attached hydrogens (primary N) is 1. The fraction of sp³-hybridized carbons (Fsp3) is 0.533. The Hall–Kier alpha value is -1.51. The summed E-state index contributed by atoms with van der Waals surface area (Å²) in [6.07, 6.45) is 1.67. The largest absolute Gasteiger partial charge is 0.352 e. The van der Waals surface area contributed by atoms with Crippen LogP contribution in [0.4, 0.5) is 8.78 Å². The van der Waals surface area contributed by atoms with Gasteiger partial charge in [-0.25, -0.2) is 13.8 Å². The number of carbonyl (C=O) groups excluding carboxylic acids is 2. The van der Waals surface area contributed by atoms with Crippen LogP contribution in [0.5, 0.6) is 0 Å². The molecule has 0 aromatic carbocycles. The molecule has 25 heavy (non-hydrogen) atoms. The van der Waals surface area contributed by atoms with Gasteiger partial charge in [0, 0.05) is 25.7 Å². The average Bonchev–Trinajstić information content (AvgIpc) is 2.92. The van der Waals surface area contributed by atoms with E-state index in [0.29, 0.717) is 6.42 Å². The van der Waals surface area contributed by atoms with Gasteiger partial charge >= 0.3 is 0 Å². The van der Waals surface area contributed by atoms with Crippen LogP contribution in [0.15, 0.2) is 12.3 Å². The zero-order chi connectivity index (χ0) is 18.6. The Bertz CT molecular complexity index is 660. The van der Waals surface area contributed by atoms with E-state index < -0.39 is 24.4 Å². The molecule has 1 fully saturated rings. The van der Waals surface area contributed by atoms with Crippen molar-refractivity contribution < 1.29 is 18.4 Å². The van der Waals surface area contributed by atoms with Crippen molar-refractivity contribution in [3.05, 3.63) is 28.0 Å². The van der Waals surface area contributed by atoms with Crippen LogP contribution in [0.2, 0.25) is 10.2 Å². The first-order chi connectivity index (χ1) is 11.7. The predicted octanol–water partition coefficient (Wildman–Crippen LogP) is 2.09. The summed E-state index contributed by atoms with van der Waals surface area (Å²) in [6.45, 7) is -0.294. The summed E-state index contributed by atoms with van der Waals surface area (Å²) in [5.41, 5.74) is 6.02. The van der Waals surface area contributed by atoms with Crippen LogP contribution in [0.1, 0.15) is 29.6 Å². The van der Waals surface area contributed by atoms with Gasteiger partial charge in [-0.05, 0) is 18.9 Å². The molecule has 2 amide bonds. The van der Waals surface area contributed by atoms with E-state index in [9.17, 15) is 18.4 Å². The molecule has 1 atom stereocenters. The van der Waals surface area contributed by atoms with Gasteiger partial charge in [-0.2, -0.15) is 0 Å². The quantitative estimate of drug-likeness (QED) is 0.571. The molecule has 0 radical (unpaired) electrons. The van der Waals surface area contributed by atoms with E-state index >= 15 is 0 Å². The highest BCUT2D eigenvalue weighted by atomic mass is 35.5. The lowest BCUT2D eigenvalue weighted by atomic mass is 10.1. The lowest BCUT2D eigenvalue weighted by Crippen LogP contribution is -2.43. The maximum Gasteiger partial charge on any atom is 0.267 e. The Labute approximate surface area is 153 Å². The van der Waals surface area contributed by atoms with E-state index in [1.54, 1.807) is 0 Å². The lowest BCUT2D eigenvalue weighted by molar-refractivity contribution is -0.133. The topological polar surface area (TPSA) is 88.3 Å². The van der Waals surface area contributed by atoms with E-state index in [1.165, 1.54) is 12.3 Å². The number of amides is 2. The maximum absolute atomic E-state index is 13.1. The standard InChI is InChI=1S/C15H18Cl2F2N4O2/c16-10-6-9(7-22-12(10)17)13(24)21-4-1-2-11(20)14(25)23-5-3-15(18,19)8-23/h6-7,11H,1-5,8,20H2,(H,21,24). The minimum absolute atomic E-state index is 0.0145. The second-order valence-corrected chi connectivity index (χ2v) is 6.63. The van der Waals surface area contributed by atoms with Gasteiger partial charge in [0.1, 0.15) is 5.15 Å². The van der Waals surface area contributed by atoms with Crippen LogP contribution in [0.3, 0.4) is 0 Å². The maximum atomic E-state index is 13.1. The van der Waals surface area contributed by atoms with Gasteiger partial charge in [0.15, 0.2) is 0 Å². The number of hydrogen-bond donors (Lipinski definition) is 2. The molecule has 1 aromatic heterocycles. The number of pyridine rings is 1. The zero-order valence-electron chi connectivity index (χ0n) is 13.3. The molecule has 0 spiro atoms. The molecule has 138 valence electrons. The molecule has 2 rings (SSSR count). The Morgan fingerprint density at radius 1 is 1.44 bits per heavy atom. The Kier molecular flexibility index (Phi) is 6.53. The summed E-state index contributed by atoms with van der Waals surface area (Å²) in [6, 6.07) is 0.534. The van der Waals surface area contributed by atoms with Crippen LogP contribution >= 0.6 is 23.2 Å². The summed E-state index contributed by atoms with van der Waals surface area (Å²) < 4.78 is 26.2. The fourth-order valence-corrected chi connectivity index (χ4v) is 2.72. The van der Waals surface area contributed by atoms with Crippen molar-refractivity contribution in [2.24, 2.45) is 5.73 Å². The van der Waals surface area contributed by atoms with Crippen molar-refractivity contribution in [2.75, 3.05) is 19.6 Å². The second-order valence-electron chi connectivity index (χ2n) is 5.87. The number of alkyl halides is 2. The molecule has 1 aliphatic heterocycles. The van der Waals surface area contributed by atoms with Crippen LogP contribution in [-0.2, 0) is 4.79 Å². The first-order valence-electron chi connectivity index (χ1n) is 7.71. The lowest BCUT2D eigenvalue weighted by Gasteiger charge is -2.20. The fourth-order valence-electron chi connectivity index (χ4n) is 2.45. The third-order valence-corrected chi connectivity index (χ3v) is 4.52. The van der Waals surface area contributed by atoms with Gasteiger partial charge in [-0.15, -0.1) is 0 Å². The van der Waals surface area contributed by atoms with E-state index in [2.05, 4.69) is 10.3 Å². The monoisotopic (exact) mass is 394 g/mol. The number of nitrogens with one attached hydrogen (secondary N) is 1. The number of hydrogen-bond acceptors (Lipinski definition) is 4. The highest BCUT2D eigenvalue weighted by molar-refractivity contribution is 6.41. The van der Waals surface area contributed by atoms with E-state index in [1.807, 2.05) is 0 Å². The summed E-state index contributed by atoms with van der Waals surface area (Å²) in [5, 5.41) is 2.92. The molecule has 10 heteroatoms. The number of aromatic nitrogens is 1. The molecular weight excluding hydrogens is 377 g/mol. The van der Waals surface area contributed by atoms with E-state index in [4.69, 9.17) is 28.9 Å². The summed E-state index contributed by atoms with van der Waals surface area (Å²) in [7, 11) is 0.